The fourth-order valence-corrected chi connectivity index (χ4v) is 3.71. The van der Waals surface area contributed by atoms with Gasteiger partial charge in [-0.05, 0) is 12.0 Å². The number of carbonyl (C=O) groups excluding carboxylic acids is 2. The van der Waals surface area contributed by atoms with E-state index in [2.05, 4.69) is 10.2 Å². The molecule has 0 spiro atoms. The molecule has 0 bridgehead atoms. The summed E-state index contributed by atoms with van der Waals surface area (Å²) in [5.74, 6) is -0.0533. The minimum atomic E-state index is -0.199. The standard InChI is InChI=1S/C19H27N3O3/c1-21-17(23)8-7-16(18(21)15-5-3-2-4-6-15)19(24)20-9-10-22-11-13-25-14-12-22/h2-6,16,18H,7-14H2,1H3,(H,20,24)/t16-,18-/m0/s1. The molecule has 1 aromatic rings. The number of piperidine rings is 1. The molecule has 2 heterocycles. The highest BCUT2D eigenvalue weighted by atomic mass is 16.5. The number of morpholine rings is 1. The predicted molar refractivity (Wildman–Crippen MR) is 94.9 cm³/mol. The molecule has 0 saturated carbocycles. The highest BCUT2D eigenvalue weighted by Crippen LogP contribution is 2.35. The van der Waals surface area contributed by atoms with Crippen LogP contribution in [0.2, 0.25) is 0 Å². The Bertz CT molecular complexity index is 587. The van der Waals surface area contributed by atoms with Crippen LogP contribution < -0.4 is 5.32 Å². The van der Waals surface area contributed by atoms with E-state index in [1.165, 1.54) is 0 Å². The molecule has 0 unspecified atom stereocenters. The number of hydrogen-bond donors (Lipinski definition) is 1. The van der Waals surface area contributed by atoms with E-state index in [1.54, 1.807) is 11.9 Å². The highest BCUT2D eigenvalue weighted by Gasteiger charge is 2.38. The van der Waals surface area contributed by atoms with Crippen LogP contribution in [0.3, 0.4) is 0 Å². The number of carbonyl (C=O) groups is 2. The smallest absolute Gasteiger partial charge is 0.225 e. The maximum Gasteiger partial charge on any atom is 0.225 e. The minimum absolute atomic E-state index is 0.0430. The molecule has 2 atom stereocenters. The lowest BCUT2D eigenvalue weighted by atomic mass is 9.84. The van der Waals surface area contributed by atoms with Crippen molar-refractivity contribution in [3.8, 4) is 0 Å². The van der Waals surface area contributed by atoms with Crippen molar-refractivity contribution in [1.82, 2.24) is 15.1 Å². The van der Waals surface area contributed by atoms with Crippen molar-refractivity contribution < 1.29 is 14.3 Å². The first kappa shape index (κ1) is 17.9. The van der Waals surface area contributed by atoms with Crippen molar-refractivity contribution in [2.75, 3.05) is 46.4 Å². The van der Waals surface area contributed by atoms with E-state index in [1.807, 2.05) is 30.3 Å². The second-order valence-corrected chi connectivity index (χ2v) is 6.75. The molecule has 1 N–H and O–H groups in total. The highest BCUT2D eigenvalue weighted by molar-refractivity contribution is 5.84. The van der Waals surface area contributed by atoms with Gasteiger partial charge in [0.1, 0.15) is 0 Å². The Labute approximate surface area is 149 Å². The van der Waals surface area contributed by atoms with E-state index in [4.69, 9.17) is 4.74 Å². The van der Waals surface area contributed by atoms with E-state index in [0.29, 0.717) is 19.4 Å². The molecule has 136 valence electrons. The quantitative estimate of drug-likeness (QED) is 0.866. The molecule has 2 fully saturated rings. The summed E-state index contributed by atoms with van der Waals surface area (Å²) in [4.78, 5) is 29.0. The van der Waals surface area contributed by atoms with E-state index in [9.17, 15) is 9.59 Å². The van der Waals surface area contributed by atoms with Gasteiger partial charge in [0.2, 0.25) is 11.8 Å². The van der Waals surface area contributed by atoms with Gasteiger partial charge in [-0.15, -0.1) is 0 Å². The topological polar surface area (TPSA) is 61.9 Å². The number of hydrogen-bond acceptors (Lipinski definition) is 4. The number of nitrogens with zero attached hydrogens (tertiary/aromatic N) is 2. The summed E-state index contributed by atoms with van der Waals surface area (Å²) in [6.45, 7) is 4.84. The van der Waals surface area contributed by atoms with E-state index < -0.39 is 0 Å². The summed E-state index contributed by atoms with van der Waals surface area (Å²) in [5, 5.41) is 3.08. The predicted octanol–water partition coefficient (Wildman–Crippen LogP) is 1.04. The summed E-state index contributed by atoms with van der Waals surface area (Å²) < 4.78 is 5.34. The van der Waals surface area contributed by atoms with Crippen LogP contribution in [-0.2, 0) is 14.3 Å². The molecular weight excluding hydrogens is 318 g/mol. The van der Waals surface area contributed by atoms with E-state index in [0.717, 1.165) is 38.4 Å². The van der Waals surface area contributed by atoms with Gasteiger partial charge in [0.15, 0.2) is 0 Å². The zero-order valence-corrected chi connectivity index (χ0v) is 14.8. The lowest BCUT2D eigenvalue weighted by molar-refractivity contribution is -0.141. The lowest BCUT2D eigenvalue weighted by Gasteiger charge is -2.38. The number of nitrogens with one attached hydrogen (secondary N) is 1. The van der Waals surface area contributed by atoms with Crippen LogP contribution in [0.5, 0.6) is 0 Å². The van der Waals surface area contributed by atoms with Gasteiger partial charge in [-0.2, -0.15) is 0 Å². The Hall–Kier alpha value is -1.92. The van der Waals surface area contributed by atoms with Crippen LogP contribution in [-0.4, -0.2) is 68.1 Å². The van der Waals surface area contributed by atoms with Crippen molar-refractivity contribution in [2.45, 2.75) is 18.9 Å². The molecule has 6 nitrogen and oxygen atoms in total. The van der Waals surface area contributed by atoms with Crippen LogP contribution in [0, 0.1) is 5.92 Å². The zero-order chi connectivity index (χ0) is 17.6. The molecule has 2 amide bonds. The molecule has 0 aliphatic carbocycles. The Morgan fingerprint density at radius 3 is 2.68 bits per heavy atom. The summed E-state index contributed by atoms with van der Waals surface area (Å²) in [6, 6.07) is 9.66. The van der Waals surface area contributed by atoms with E-state index >= 15 is 0 Å². The lowest BCUT2D eigenvalue weighted by Crippen LogP contribution is -2.48. The summed E-state index contributed by atoms with van der Waals surface area (Å²) >= 11 is 0. The molecule has 2 aliphatic heterocycles. The van der Waals surface area contributed by atoms with Crippen LogP contribution >= 0.6 is 0 Å². The first-order valence-corrected chi connectivity index (χ1v) is 9.05. The van der Waals surface area contributed by atoms with Crippen LogP contribution in [0.1, 0.15) is 24.4 Å². The average Bonchev–Trinajstić information content (AvgIpc) is 2.65. The van der Waals surface area contributed by atoms with Crippen molar-refractivity contribution in [3.63, 3.8) is 0 Å². The van der Waals surface area contributed by atoms with Crippen LogP contribution in [0.4, 0.5) is 0 Å². The van der Waals surface area contributed by atoms with Crippen LogP contribution in [0.15, 0.2) is 30.3 Å². The van der Waals surface area contributed by atoms with Gasteiger partial charge in [0, 0.05) is 39.6 Å². The fraction of sp³-hybridized carbons (Fsp3) is 0.579. The zero-order valence-electron chi connectivity index (χ0n) is 14.8. The van der Waals surface area contributed by atoms with Gasteiger partial charge < -0.3 is 15.0 Å². The Morgan fingerprint density at radius 2 is 1.96 bits per heavy atom. The van der Waals surface area contributed by atoms with E-state index in [-0.39, 0.29) is 23.8 Å². The monoisotopic (exact) mass is 345 g/mol. The third kappa shape index (κ3) is 4.38. The van der Waals surface area contributed by atoms with Gasteiger partial charge in [0.25, 0.3) is 0 Å². The normalized spacial score (nSPS) is 25.0. The SMILES string of the molecule is CN1C(=O)CC[C@H](C(=O)NCCN2CCOCC2)[C@@H]1c1ccccc1. The molecule has 2 saturated heterocycles. The molecule has 2 aliphatic rings. The number of benzene rings is 1. The Morgan fingerprint density at radius 1 is 1.24 bits per heavy atom. The second kappa shape index (κ2) is 8.45. The van der Waals surface area contributed by atoms with Gasteiger partial charge in [0.05, 0.1) is 25.2 Å². The minimum Gasteiger partial charge on any atom is -0.379 e. The summed E-state index contributed by atoms with van der Waals surface area (Å²) in [7, 11) is 1.80. The number of rotatable bonds is 5. The number of amides is 2. The van der Waals surface area contributed by atoms with Gasteiger partial charge in [-0.3, -0.25) is 14.5 Å². The first-order chi connectivity index (χ1) is 12.2. The molecule has 3 rings (SSSR count). The largest absolute Gasteiger partial charge is 0.379 e. The molecular formula is C19H27N3O3. The Kier molecular flexibility index (Phi) is 6.04. The third-order valence-electron chi connectivity index (χ3n) is 5.17. The van der Waals surface area contributed by atoms with Gasteiger partial charge >= 0.3 is 0 Å². The van der Waals surface area contributed by atoms with Crippen molar-refractivity contribution in [2.24, 2.45) is 5.92 Å². The van der Waals surface area contributed by atoms with Crippen molar-refractivity contribution >= 4 is 11.8 Å². The van der Waals surface area contributed by atoms with Crippen molar-refractivity contribution in [1.29, 1.82) is 0 Å². The molecule has 0 aromatic heterocycles. The number of likely N-dealkylation sites (tertiary alicyclic amines) is 1. The molecule has 0 radical (unpaired) electrons. The molecule has 6 heteroatoms. The molecule has 1 aromatic carbocycles. The fourth-order valence-electron chi connectivity index (χ4n) is 3.71. The van der Waals surface area contributed by atoms with Gasteiger partial charge in [-0.1, -0.05) is 30.3 Å². The summed E-state index contributed by atoms with van der Waals surface area (Å²) in [5.41, 5.74) is 1.02. The van der Waals surface area contributed by atoms with Gasteiger partial charge in [-0.25, -0.2) is 0 Å². The average molecular weight is 345 g/mol. The third-order valence-corrected chi connectivity index (χ3v) is 5.17. The molecule has 25 heavy (non-hydrogen) atoms. The summed E-state index contributed by atoms with van der Waals surface area (Å²) in [6.07, 6.45) is 1.04. The Balaban J connectivity index is 1.61. The number of ether oxygens (including phenoxy) is 1. The van der Waals surface area contributed by atoms with Crippen molar-refractivity contribution in [3.05, 3.63) is 35.9 Å². The first-order valence-electron chi connectivity index (χ1n) is 9.05. The second-order valence-electron chi connectivity index (χ2n) is 6.75. The maximum atomic E-state index is 12.8. The maximum absolute atomic E-state index is 12.8. The van der Waals surface area contributed by atoms with Crippen LogP contribution in [0.25, 0.3) is 0 Å².